The van der Waals surface area contributed by atoms with Crippen LogP contribution in [-0.2, 0) is 27.5 Å². The summed E-state index contributed by atoms with van der Waals surface area (Å²) < 4.78 is 2.27. The third kappa shape index (κ3) is 5.98. The molecular formula is C46H38N3OPt-. The molecule has 8 rings (SSSR count). The topological polar surface area (TPSA) is 50.9 Å². The van der Waals surface area contributed by atoms with Gasteiger partial charge in [0.2, 0.25) is 0 Å². The minimum atomic E-state index is 0. The van der Waals surface area contributed by atoms with Crippen LogP contribution < -0.4 is 0 Å². The number of para-hydroxylation sites is 1. The Kier molecular flexibility index (Phi) is 9.22. The van der Waals surface area contributed by atoms with Crippen LogP contribution in [-0.4, -0.2) is 19.6 Å². The predicted molar refractivity (Wildman–Crippen MR) is 207 cm³/mol. The maximum atomic E-state index is 11.5. The predicted octanol–water partition coefficient (Wildman–Crippen LogP) is 11.5. The van der Waals surface area contributed by atoms with Crippen LogP contribution in [0.2, 0.25) is 0 Å². The molecule has 6 aromatic carbocycles. The van der Waals surface area contributed by atoms with Gasteiger partial charge in [-0.2, -0.15) is 0 Å². The van der Waals surface area contributed by atoms with Crippen molar-refractivity contribution in [2.45, 2.75) is 41.0 Å². The molecule has 1 N–H and O–H groups in total. The largest absolute Gasteiger partial charge is 0.507 e. The van der Waals surface area contributed by atoms with Crippen LogP contribution >= 0.6 is 0 Å². The Hall–Kier alpha value is -5.31. The number of nitrogens with zero attached hydrogens (tertiary/aromatic N) is 3. The average Bonchev–Trinajstić information content (AvgIpc) is 3.52. The summed E-state index contributed by atoms with van der Waals surface area (Å²) in [7, 11) is 0. The molecule has 0 aliphatic carbocycles. The Morgan fingerprint density at radius 2 is 1.43 bits per heavy atom. The molecule has 0 saturated heterocycles. The number of imidazole rings is 1. The molecule has 0 unspecified atom stereocenters. The van der Waals surface area contributed by atoms with Crippen molar-refractivity contribution in [1.29, 1.82) is 0 Å². The third-order valence-electron chi connectivity index (χ3n) is 9.81. The summed E-state index contributed by atoms with van der Waals surface area (Å²) in [5, 5.41) is 12.6. The van der Waals surface area contributed by atoms with Crippen LogP contribution in [0.4, 0.5) is 0 Å². The van der Waals surface area contributed by atoms with Crippen molar-refractivity contribution >= 4 is 21.9 Å². The Morgan fingerprint density at radius 1 is 0.667 bits per heavy atom. The molecule has 0 aliphatic rings. The SMILES string of the molecule is CCc1ccc(-c2cccc3cccnc23)[c-]c1-c1ccc(C)c2c1nc(-c1cc(-c3ccccc3)ccc1O)n2-c1c(C)cc(C)cc1C.[Pt]. The van der Waals surface area contributed by atoms with Crippen molar-refractivity contribution in [3.05, 3.63) is 155 Å². The van der Waals surface area contributed by atoms with Crippen molar-refractivity contribution in [2.75, 3.05) is 0 Å². The van der Waals surface area contributed by atoms with Gasteiger partial charge in [-0.25, -0.2) is 4.98 Å². The summed E-state index contributed by atoms with van der Waals surface area (Å²) in [6.45, 7) is 10.8. The minimum Gasteiger partial charge on any atom is -0.507 e. The van der Waals surface area contributed by atoms with Gasteiger partial charge in [0, 0.05) is 32.8 Å². The molecule has 2 heterocycles. The van der Waals surface area contributed by atoms with E-state index in [0.29, 0.717) is 11.4 Å². The fourth-order valence-corrected chi connectivity index (χ4v) is 7.53. The van der Waals surface area contributed by atoms with Crippen molar-refractivity contribution in [3.63, 3.8) is 0 Å². The van der Waals surface area contributed by atoms with Gasteiger partial charge in [0.15, 0.2) is 0 Å². The van der Waals surface area contributed by atoms with E-state index in [1.165, 1.54) is 11.1 Å². The number of fused-ring (bicyclic) bond motifs is 2. The zero-order valence-corrected chi connectivity index (χ0v) is 31.6. The maximum absolute atomic E-state index is 11.5. The van der Waals surface area contributed by atoms with Gasteiger partial charge in [0.1, 0.15) is 11.6 Å². The Bertz CT molecular complexity index is 2560. The van der Waals surface area contributed by atoms with Gasteiger partial charge in [-0.1, -0.05) is 115 Å². The summed E-state index contributed by atoms with van der Waals surface area (Å²) >= 11 is 0. The molecule has 5 heteroatoms. The van der Waals surface area contributed by atoms with Crippen molar-refractivity contribution < 1.29 is 26.2 Å². The summed E-state index contributed by atoms with van der Waals surface area (Å²) in [4.78, 5) is 10.2. The van der Waals surface area contributed by atoms with E-state index >= 15 is 0 Å². The first kappa shape index (κ1) is 34.2. The number of hydrogen-bond acceptors (Lipinski definition) is 3. The smallest absolute Gasteiger partial charge is 0.148 e. The van der Waals surface area contributed by atoms with Gasteiger partial charge in [0.25, 0.3) is 0 Å². The van der Waals surface area contributed by atoms with Gasteiger partial charge in [0.05, 0.1) is 22.3 Å². The molecule has 4 nitrogen and oxygen atoms in total. The van der Waals surface area contributed by atoms with E-state index in [1.54, 1.807) is 6.07 Å². The fraction of sp³-hybridized carbons (Fsp3) is 0.130. The molecule has 51 heavy (non-hydrogen) atoms. The number of benzene rings is 6. The quantitative estimate of drug-likeness (QED) is 0.170. The Labute approximate surface area is 313 Å². The second kappa shape index (κ2) is 13.8. The van der Waals surface area contributed by atoms with Crippen LogP contribution in [0.25, 0.3) is 72.4 Å². The standard InChI is InChI=1S/C46H38N3O.Pt/c1-6-32-18-19-36(37-16-10-14-34-15-11-23-47-42(34)37)27-39(32)38-21-17-29(3)45-43(38)48-46(49(45)44-30(4)24-28(2)25-31(44)5)40-26-35(20-22-41(40)50)33-12-8-7-9-13-33;/h7-26,50H,6H2,1-5H3;/q-1;. The molecule has 0 saturated carbocycles. The van der Waals surface area contributed by atoms with Gasteiger partial charge in [-0.3, -0.25) is 9.55 Å². The first-order valence-corrected chi connectivity index (χ1v) is 17.2. The van der Waals surface area contributed by atoms with E-state index in [9.17, 15) is 5.11 Å². The van der Waals surface area contributed by atoms with Gasteiger partial charge in [-0.05, 0) is 79.1 Å². The van der Waals surface area contributed by atoms with E-state index in [2.05, 4.69) is 124 Å². The van der Waals surface area contributed by atoms with E-state index in [0.717, 1.165) is 84.1 Å². The van der Waals surface area contributed by atoms with Gasteiger partial charge >= 0.3 is 0 Å². The molecule has 0 spiro atoms. The maximum Gasteiger partial charge on any atom is 0.148 e. The molecule has 0 amide bonds. The normalized spacial score (nSPS) is 11.2. The van der Waals surface area contributed by atoms with Crippen LogP contribution in [0.3, 0.4) is 0 Å². The van der Waals surface area contributed by atoms with Crippen molar-refractivity contribution in [1.82, 2.24) is 14.5 Å². The van der Waals surface area contributed by atoms with Gasteiger partial charge < -0.3 is 5.11 Å². The summed E-state index contributed by atoms with van der Waals surface area (Å²) in [6, 6.07) is 43.5. The zero-order chi connectivity index (χ0) is 34.5. The molecule has 0 radical (unpaired) electrons. The number of aryl methyl sites for hydroxylation is 5. The fourth-order valence-electron chi connectivity index (χ4n) is 7.53. The van der Waals surface area contributed by atoms with E-state index < -0.39 is 0 Å². The third-order valence-corrected chi connectivity index (χ3v) is 9.81. The molecule has 254 valence electrons. The van der Waals surface area contributed by atoms with Crippen molar-refractivity contribution in [2.24, 2.45) is 0 Å². The number of phenolic OH excluding ortho intramolecular Hbond substituents is 1. The first-order valence-electron chi connectivity index (χ1n) is 17.2. The second-order valence-corrected chi connectivity index (χ2v) is 13.2. The van der Waals surface area contributed by atoms with E-state index in [-0.39, 0.29) is 26.8 Å². The van der Waals surface area contributed by atoms with E-state index in [1.807, 2.05) is 36.5 Å². The molecule has 0 aliphatic heterocycles. The van der Waals surface area contributed by atoms with E-state index in [4.69, 9.17) is 9.97 Å². The Balaban J connectivity index is 0.00000406. The second-order valence-electron chi connectivity index (χ2n) is 13.2. The minimum absolute atomic E-state index is 0. The number of aromatic hydroxyl groups is 1. The van der Waals surface area contributed by atoms with Crippen LogP contribution in [0, 0.1) is 33.8 Å². The molecule has 0 fully saturated rings. The first-order chi connectivity index (χ1) is 24.3. The van der Waals surface area contributed by atoms with Crippen LogP contribution in [0.1, 0.15) is 34.7 Å². The molecule has 2 aromatic heterocycles. The average molecular weight is 844 g/mol. The number of phenols is 1. The van der Waals surface area contributed by atoms with Crippen molar-refractivity contribution in [3.8, 4) is 56.2 Å². The van der Waals surface area contributed by atoms with Crippen LogP contribution in [0.5, 0.6) is 5.75 Å². The number of aromatic nitrogens is 3. The molecular weight excluding hydrogens is 806 g/mol. The monoisotopic (exact) mass is 843 g/mol. The van der Waals surface area contributed by atoms with Gasteiger partial charge in [-0.15, -0.1) is 34.9 Å². The summed E-state index contributed by atoms with van der Waals surface area (Å²) in [5.74, 6) is 0.891. The summed E-state index contributed by atoms with van der Waals surface area (Å²) in [6.07, 6.45) is 2.70. The number of pyridine rings is 1. The van der Waals surface area contributed by atoms with Crippen LogP contribution in [0.15, 0.2) is 121 Å². The molecule has 8 aromatic rings. The number of rotatable bonds is 6. The Morgan fingerprint density at radius 3 is 2.20 bits per heavy atom. The molecule has 0 bridgehead atoms. The number of hydrogen-bond donors (Lipinski definition) is 1. The molecule has 0 atom stereocenters. The summed E-state index contributed by atoms with van der Waals surface area (Å²) in [5.41, 5.74) is 16.6. The zero-order valence-electron chi connectivity index (χ0n) is 29.4.